The van der Waals surface area contributed by atoms with Gasteiger partial charge < -0.3 is 10.2 Å². The molecule has 0 aliphatic rings. The fourth-order valence-electron chi connectivity index (χ4n) is 2.51. The molecule has 1 atom stereocenters. The van der Waals surface area contributed by atoms with Gasteiger partial charge in [0.2, 0.25) is 11.8 Å². The summed E-state index contributed by atoms with van der Waals surface area (Å²) < 4.78 is 5.73. The molecule has 3 aromatic rings. The van der Waals surface area contributed by atoms with E-state index in [4.69, 9.17) is 10.2 Å². The van der Waals surface area contributed by atoms with E-state index in [0.717, 1.165) is 22.9 Å². The van der Waals surface area contributed by atoms with Gasteiger partial charge in [-0.3, -0.25) is 4.79 Å². The van der Waals surface area contributed by atoms with Crippen molar-refractivity contribution in [3.05, 3.63) is 65.7 Å². The van der Waals surface area contributed by atoms with Crippen LogP contribution in [0.25, 0.3) is 11.5 Å². The lowest BCUT2D eigenvalue weighted by atomic mass is 9.87. The number of thioether (sulfide) groups is 1. The summed E-state index contributed by atoms with van der Waals surface area (Å²) in [6, 6.07) is 17.4. The first-order valence-electron chi connectivity index (χ1n) is 8.30. The molecule has 26 heavy (non-hydrogen) atoms. The summed E-state index contributed by atoms with van der Waals surface area (Å²) in [5.74, 6) is -0.0280. The minimum atomic E-state index is -0.576. The van der Waals surface area contributed by atoms with Gasteiger partial charge in [0.25, 0.3) is 5.22 Å². The van der Waals surface area contributed by atoms with Crippen molar-refractivity contribution in [3.63, 3.8) is 0 Å². The maximum Gasteiger partial charge on any atom is 0.277 e. The van der Waals surface area contributed by atoms with Gasteiger partial charge in [-0.05, 0) is 40.4 Å². The molecule has 0 saturated heterocycles. The predicted molar refractivity (Wildman–Crippen MR) is 103 cm³/mol. The largest absolute Gasteiger partial charge is 0.411 e. The monoisotopic (exact) mass is 367 g/mol. The van der Waals surface area contributed by atoms with Crippen LogP contribution in [0.4, 0.5) is 0 Å². The van der Waals surface area contributed by atoms with Crippen molar-refractivity contribution in [2.45, 2.75) is 36.7 Å². The van der Waals surface area contributed by atoms with Gasteiger partial charge in [-0.25, -0.2) is 0 Å². The lowest BCUT2D eigenvalue weighted by molar-refractivity contribution is -0.117. The Morgan fingerprint density at radius 1 is 1.04 bits per heavy atom. The second-order valence-corrected chi connectivity index (χ2v) is 8.07. The van der Waals surface area contributed by atoms with Gasteiger partial charge in [-0.1, -0.05) is 63.2 Å². The van der Waals surface area contributed by atoms with Gasteiger partial charge in [0.15, 0.2) is 0 Å². The average molecular weight is 367 g/mol. The first kappa shape index (κ1) is 18.2. The summed E-state index contributed by atoms with van der Waals surface area (Å²) in [4.78, 5) is 11.8. The average Bonchev–Trinajstić information content (AvgIpc) is 3.08. The molecule has 1 heterocycles. The van der Waals surface area contributed by atoms with Crippen LogP contribution in [0.1, 0.15) is 37.1 Å². The first-order valence-corrected chi connectivity index (χ1v) is 9.18. The molecule has 0 saturated carbocycles. The SMILES string of the molecule is CC(C)(C)c1ccc(-c2nnc(S[C@@H](C(N)=O)c3ccccc3)o2)cc1. The number of carbonyl (C=O) groups excluding carboxylic acids is 1. The number of carbonyl (C=O) groups is 1. The quantitative estimate of drug-likeness (QED) is 0.678. The van der Waals surface area contributed by atoms with Gasteiger partial charge in [0.05, 0.1) is 0 Å². The van der Waals surface area contributed by atoms with Gasteiger partial charge in [-0.2, -0.15) is 0 Å². The Morgan fingerprint density at radius 2 is 1.69 bits per heavy atom. The normalized spacial score (nSPS) is 12.7. The molecule has 0 unspecified atom stereocenters. The third-order valence-electron chi connectivity index (χ3n) is 3.98. The molecule has 0 spiro atoms. The lowest BCUT2D eigenvalue weighted by Crippen LogP contribution is -2.18. The van der Waals surface area contributed by atoms with E-state index in [1.807, 2.05) is 42.5 Å². The highest BCUT2D eigenvalue weighted by molar-refractivity contribution is 8.00. The Balaban J connectivity index is 1.80. The number of benzene rings is 2. The van der Waals surface area contributed by atoms with E-state index in [0.29, 0.717) is 11.1 Å². The van der Waals surface area contributed by atoms with E-state index in [1.165, 1.54) is 5.56 Å². The molecule has 5 nitrogen and oxygen atoms in total. The number of rotatable bonds is 5. The predicted octanol–water partition coefficient (Wildman–Crippen LogP) is 4.35. The molecule has 0 fully saturated rings. The lowest BCUT2D eigenvalue weighted by Gasteiger charge is -2.18. The second kappa shape index (κ2) is 7.33. The Hall–Kier alpha value is -2.60. The fraction of sp³-hybridized carbons (Fsp3) is 0.250. The van der Waals surface area contributed by atoms with E-state index in [1.54, 1.807) is 0 Å². The van der Waals surface area contributed by atoms with Crippen molar-refractivity contribution in [2.75, 3.05) is 0 Å². The maximum atomic E-state index is 11.8. The third kappa shape index (κ3) is 4.14. The van der Waals surface area contributed by atoms with E-state index >= 15 is 0 Å². The number of aromatic nitrogens is 2. The van der Waals surface area contributed by atoms with Crippen molar-refractivity contribution in [1.82, 2.24) is 10.2 Å². The Labute approximate surface area is 157 Å². The summed E-state index contributed by atoms with van der Waals surface area (Å²) in [5, 5.41) is 7.88. The molecule has 134 valence electrons. The van der Waals surface area contributed by atoms with E-state index in [2.05, 4.69) is 43.1 Å². The molecule has 0 aliphatic heterocycles. The molecule has 0 aliphatic carbocycles. The minimum absolute atomic E-state index is 0.0821. The van der Waals surface area contributed by atoms with Crippen LogP contribution in [-0.4, -0.2) is 16.1 Å². The second-order valence-electron chi connectivity index (χ2n) is 7.01. The van der Waals surface area contributed by atoms with Crippen LogP contribution in [-0.2, 0) is 10.2 Å². The summed E-state index contributed by atoms with van der Waals surface area (Å²) in [7, 11) is 0. The highest BCUT2D eigenvalue weighted by Crippen LogP contribution is 2.35. The number of nitrogens with two attached hydrogens (primary N) is 1. The van der Waals surface area contributed by atoms with Crippen LogP contribution in [0.3, 0.4) is 0 Å². The summed E-state index contributed by atoms with van der Waals surface area (Å²) in [6.45, 7) is 6.49. The molecule has 2 N–H and O–H groups in total. The van der Waals surface area contributed by atoms with E-state index in [-0.39, 0.29) is 5.41 Å². The fourth-order valence-corrected chi connectivity index (χ4v) is 3.33. The van der Waals surface area contributed by atoms with Crippen LogP contribution in [0.2, 0.25) is 0 Å². The Morgan fingerprint density at radius 3 is 2.27 bits per heavy atom. The smallest absolute Gasteiger partial charge is 0.277 e. The van der Waals surface area contributed by atoms with Crippen LogP contribution < -0.4 is 5.73 Å². The van der Waals surface area contributed by atoms with Crippen molar-refractivity contribution in [2.24, 2.45) is 5.73 Å². The van der Waals surface area contributed by atoms with Crippen LogP contribution >= 0.6 is 11.8 Å². The van der Waals surface area contributed by atoms with Crippen molar-refractivity contribution >= 4 is 17.7 Å². The summed E-state index contributed by atoms with van der Waals surface area (Å²) in [6.07, 6.45) is 0. The molecular formula is C20H21N3O2S. The standard InChI is InChI=1S/C20H21N3O2S/c1-20(2,3)15-11-9-14(10-12-15)18-22-23-19(25-18)26-16(17(21)24)13-7-5-4-6-8-13/h4-12,16H,1-3H3,(H2,21,24)/t16-/m1/s1. The summed E-state index contributed by atoms with van der Waals surface area (Å²) >= 11 is 1.16. The molecule has 0 bridgehead atoms. The first-order chi connectivity index (χ1) is 12.3. The van der Waals surface area contributed by atoms with Crippen molar-refractivity contribution < 1.29 is 9.21 Å². The van der Waals surface area contributed by atoms with Crippen LogP contribution in [0, 0.1) is 0 Å². The zero-order chi connectivity index (χ0) is 18.7. The number of primary amides is 1. The van der Waals surface area contributed by atoms with Crippen LogP contribution in [0.5, 0.6) is 0 Å². The number of nitrogens with zero attached hydrogens (tertiary/aromatic N) is 2. The van der Waals surface area contributed by atoms with Gasteiger partial charge in [-0.15, -0.1) is 10.2 Å². The van der Waals surface area contributed by atoms with Crippen molar-refractivity contribution in [1.29, 1.82) is 0 Å². The van der Waals surface area contributed by atoms with Gasteiger partial charge >= 0.3 is 0 Å². The molecular weight excluding hydrogens is 346 g/mol. The Kier molecular flexibility index (Phi) is 5.13. The molecule has 0 radical (unpaired) electrons. The zero-order valence-electron chi connectivity index (χ0n) is 15.0. The molecule has 1 aromatic heterocycles. The van der Waals surface area contributed by atoms with Crippen LogP contribution in [0.15, 0.2) is 64.2 Å². The highest BCUT2D eigenvalue weighted by atomic mass is 32.2. The van der Waals surface area contributed by atoms with Crippen molar-refractivity contribution in [3.8, 4) is 11.5 Å². The summed E-state index contributed by atoms with van der Waals surface area (Å²) in [5.41, 5.74) is 8.50. The van der Waals surface area contributed by atoms with Gasteiger partial charge in [0, 0.05) is 5.56 Å². The molecule has 1 amide bonds. The number of amides is 1. The topological polar surface area (TPSA) is 82.0 Å². The maximum absolute atomic E-state index is 11.8. The number of hydrogen-bond donors (Lipinski definition) is 1. The Bertz CT molecular complexity index is 883. The highest BCUT2D eigenvalue weighted by Gasteiger charge is 2.23. The number of hydrogen-bond acceptors (Lipinski definition) is 5. The van der Waals surface area contributed by atoms with E-state index < -0.39 is 11.2 Å². The van der Waals surface area contributed by atoms with E-state index in [9.17, 15) is 4.79 Å². The molecule has 2 aromatic carbocycles. The third-order valence-corrected chi connectivity index (χ3v) is 5.09. The minimum Gasteiger partial charge on any atom is -0.411 e. The molecule has 3 rings (SSSR count). The molecule has 6 heteroatoms. The van der Waals surface area contributed by atoms with Gasteiger partial charge in [0.1, 0.15) is 5.25 Å². The zero-order valence-corrected chi connectivity index (χ0v) is 15.8.